The van der Waals surface area contributed by atoms with E-state index in [0.717, 1.165) is 6.42 Å². The van der Waals surface area contributed by atoms with Crippen molar-refractivity contribution < 1.29 is 0 Å². The van der Waals surface area contributed by atoms with Gasteiger partial charge in [-0.15, -0.1) is 0 Å². The third kappa shape index (κ3) is 2.07. The van der Waals surface area contributed by atoms with Gasteiger partial charge in [-0.25, -0.2) is 0 Å². The van der Waals surface area contributed by atoms with Crippen LogP contribution in [0.2, 0.25) is 0 Å². The van der Waals surface area contributed by atoms with Crippen LogP contribution in [-0.2, 0) is 6.42 Å². The van der Waals surface area contributed by atoms with Crippen molar-refractivity contribution in [2.75, 3.05) is 6.54 Å². The maximum absolute atomic E-state index is 4.40. The summed E-state index contributed by atoms with van der Waals surface area (Å²) >= 11 is 0. The molecule has 2 heteroatoms. The molecule has 1 fully saturated rings. The van der Waals surface area contributed by atoms with Crippen LogP contribution in [0.3, 0.4) is 0 Å². The normalized spacial score (nSPS) is 22.1. The lowest BCUT2D eigenvalue weighted by Crippen LogP contribution is -2.24. The molecule has 2 nitrogen and oxygen atoms in total. The molecule has 1 N–H and O–H groups in total. The van der Waals surface area contributed by atoms with Crippen LogP contribution in [0.25, 0.3) is 0 Å². The fraction of sp³-hybridized carbons (Fsp3) is 0.545. The number of hydrogen-bond acceptors (Lipinski definition) is 2. The van der Waals surface area contributed by atoms with Gasteiger partial charge in [-0.05, 0) is 37.9 Å². The second-order valence-electron chi connectivity index (χ2n) is 3.76. The van der Waals surface area contributed by atoms with Gasteiger partial charge in [0.15, 0.2) is 0 Å². The Labute approximate surface area is 79.4 Å². The fourth-order valence-electron chi connectivity index (χ4n) is 1.90. The zero-order valence-electron chi connectivity index (χ0n) is 8.09. The average molecular weight is 176 g/mol. The smallest absolute Gasteiger partial charge is 0.0448 e. The lowest BCUT2D eigenvalue weighted by Gasteiger charge is -2.10. The van der Waals surface area contributed by atoms with Gasteiger partial charge in [0.2, 0.25) is 0 Å². The van der Waals surface area contributed by atoms with Gasteiger partial charge in [0.1, 0.15) is 0 Å². The highest BCUT2D eigenvalue weighted by atomic mass is 14.9. The van der Waals surface area contributed by atoms with Gasteiger partial charge >= 0.3 is 0 Å². The number of pyridine rings is 1. The second-order valence-corrected chi connectivity index (χ2v) is 3.76. The number of rotatable bonds is 2. The number of hydrogen-bond donors (Lipinski definition) is 1. The van der Waals surface area contributed by atoms with Crippen LogP contribution < -0.4 is 5.32 Å². The summed E-state index contributed by atoms with van der Waals surface area (Å²) in [5.74, 6) is 0. The van der Waals surface area contributed by atoms with Crippen molar-refractivity contribution in [2.45, 2.75) is 32.2 Å². The Kier molecular flexibility index (Phi) is 2.60. The Hall–Kier alpha value is -0.890. The summed E-state index contributed by atoms with van der Waals surface area (Å²) in [4.78, 5) is 4.40. The van der Waals surface area contributed by atoms with Crippen LogP contribution in [0, 0.1) is 6.92 Å². The van der Waals surface area contributed by atoms with Crippen molar-refractivity contribution in [1.82, 2.24) is 10.3 Å². The summed E-state index contributed by atoms with van der Waals surface area (Å²) in [6.45, 7) is 3.31. The predicted octanol–water partition coefficient (Wildman–Crippen LogP) is 1.68. The summed E-state index contributed by atoms with van der Waals surface area (Å²) < 4.78 is 0. The SMILES string of the molecule is Cc1cccnc1C[C@H]1CCCN1. The Balaban J connectivity index is 2.04. The average Bonchev–Trinajstić information content (AvgIpc) is 2.61. The number of aromatic nitrogens is 1. The largest absolute Gasteiger partial charge is 0.314 e. The molecule has 0 aromatic carbocycles. The van der Waals surface area contributed by atoms with Crippen LogP contribution in [-0.4, -0.2) is 17.6 Å². The van der Waals surface area contributed by atoms with E-state index >= 15 is 0 Å². The van der Waals surface area contributed by atoms with Crippen LogP contribution in [0.1, 0.15) is 24.1 Å². The Morgan fingerprint density at radius 3 is 3.23 bits per heavy atom. The maximum Gasteiger partial charge on any atom is 0.0448 e. The molecule has 0 bridgehead atoms. The van der Waals surface area contributed by atoms with E-state index in [1.165, 1.54) is 30.6 Å². The van der Waals surface area contributed by atoms with Gasteiger partial charge in [-0.2, -0.15) is 0 Å². The summed E-state index contributed by atoms with van der Waals surface area (Å²) in [6.07, 6.45) is 5.59. The molecule has 0 aliphatic carbocycles. The lowest BCUT2D eigenvalue weighted by atomic mass is 10.1. The highest BCUT2D eigenvalue weighted by Gasteiger charge is 2.15. The Morgan fingerprint density at radius 1 is 1.62 bits per heavy atom. The number of nitrogens with zero attached hydrogens (tertiary/aromatic N) is 1. The lowest BCUT2D eigenvalue weighted by molar-refractivity contribution is 0.593. The van der Waals surface area contributed by atoms with Crippen LogP contribution in [0.15, 0.2) is 18.3 Å². The zero-order chi connectivity index (χ0) is 9.10. The van der Waals surface area contributed by atoms with Crippen molar-refractivity contribution in [2.24, 2.45) is 0 Å². The molecular weight excluding hydrogens is 160 g/mol. The van der Waals surface area contributed by atoms with E-state index in [1.807, 2.05) is 12.3 Å². The molecule has 2 rings (SSSR count). The monoisotopic (exact) mass is 176 g/mol. The first kappa shape index (κ1) is 8.70. The first-order valence-electron chi connectivity index (χ1n) is 5.00. The number of aryl methyl sites for hydroxylation is 1. The van der Waals surface area contributed by atoms with Crippen molar-refractivity contribution in [3.8, 4) is 0 Å². The number of nitrogens with one attached hydrogen (secondary N) is 1. The van der Waals surface area contributed by atoms with E-state index in [9.17, 15) is 0 Å². The molecule has 70 valence electrons. The molecule has 0 saturated carbocycles. The topological polar surface area (TPSA) is 24.9 Å². The van der Waals surface area contributed by atoms with E-state index in [0.29, 0.717) is 6.04 Å². The minimum atomic E-state index is 0.661. The van der Waals surface area contributed by atoms with Crippen molar-refractivity contribution >= 4 is 0 Å². The quantitative estimate of drug-likeness (QED) is 0.741. The molecule has 0 spiro atoms. The van der Waals surface area contributed by atoms with E-state index < -0.39 is 0 Å². The molecule has 0 radical (unpaired) electrons. The standard InChI is InChI=1S/C11H16N2/c1-9-4-2-7-13-11(9)8-10-5-3-6-12-10/h2,4,7,10,12H,3,5-6,8H2,1H3/t10-/m1/s1. The van der Waals surface area contributed by atoms with E-state index in [4.69, 9.17) is 0 Å². The first-order valence-corrected chi connectivity index (χ1v) is 5.00. The van der Waals surface area contributed by atoms with Gasteiger partial charge in [-0.1, -0.05) is 6.07 Å². The van der Waals surface area contributed by atoms with E-state index in [-0.39, 0.29) is 0 Å². The van der Waals surface area contributed by atoms with Crippen LogP contribution in [0.5, 0.6) is 0 Å². The van der Waals surface area contributed by atoms with E-state index in [1.54, 1.807) is 0 Å². The molecule has 13 heavy (non-hydrogen) atoms. The van der Waals surface area contributed by atoms with Gasteiger partial charge in [-0.3, -0.25) is 4.98 Å². The highest BCUT2D eigenvalue weighted by Crippen LogP contribution is 2.12. The van der Waals surface area contributed by atoms with Crippen molar-refractivity contribution in [1.29, 1.82) is 0 Å². The molecule has 1 atom stereocenters. The van der Waals surface area contributed by atoms with Crippen molar-refractivity contribution in [3.63, 3.8) is 0 Å². The van der Waals surface area contributed by atoms with Crippen LogP contribution >= 0.6 is 0 Å². The molecule has 0 unspecified atom stereocenters. The fourth-order valence-corrected chi connectivity index (χ4v) is 1.90. The molecule has 1 aliphatic rings. The third-order valence-corrected chi connectivity index (χ3v) is 2.72. The predicted molar refractivity (Wildman–Crippen MR) is 53.7 cm³/mol. The van der Waals surface area contributed by atoms with Gasteiger partial charge in [0, 0.05) is 24.4 Å². The zero-order valence-corrected chi connectivity index (χ0v) is 8.09. The third-order valence-electron chi connectivity index (χ3n) is 2.72. The Morgan fingerprint density at radius 2 is 2.54 bits per heavy atom. The summed E-state index contributed by atoms with van der Waals surface area (Å²) in [5, 5.41) is 3.49. The molecule has 0 amide bonds. The molecule has 1 aromatic heterocycles. The maximum atomic E-state index is 4.40. The summed E-state index contributed by atoms with van der Waals surface area (Å²) in [6, 6.07) is 4.80. The summed E-state index contributed by atoms with van der Waals surface area (Å²) in [7, 11) is 0. The van der Waals surface area contributed by atoms with Gasteiger partial charge in [0.05, 0.1) is 0 Å². The Bertz CT molecular complexity index is 277. The second kappa shape index (κ2) is 3.88. The highest BCUT2D eigenvalue weighted by molar-refractivity contribution is 5.18. The molecule has 1 aromatic rings. The first-order chi connectivity index (χ1) is 6.36. The minimum Gasteiger partial charge on any atom is -0.314 e. The van der Waals surface area contributed by atoms with Crippen LogP contribution in [0.4, 0.5) is 0 Å². The minimum absolute atomic E-state index is 0.661. The summed E-state index contributed by atoms with van der Waals surface area (Å²) in [5.41, 5.74) is 2.57. The molecule has 2 heterocycles. The molecular formula is C11H16N2. The van der Waals surface area contributed by atoms with Gasteiger partial charge < -0.3 is 5.32 Å². The molecule has 1 saturated heterocycles. The van der Waals surface area contributed by atoms with Crippen molar-refractivity contribution in [3.05, 3.63) is 29.6 Å². The van der Waals surface area contributed by atoms with Gasteiger partial charge in [0.25, 0.3) is 0 Å². The molecule has 1 aliphatic heterocycles. The van der Waals surface area contributed by atoms with E-state index in [2.05, 4.69) is 23.3 Å².